The highest BCUT2D eigenvalue weighted by atomic mass is 16.5. The van der Waals surface area contributed by atoms with Gasteiger partial charge in [-0.3, -0.25) is 9.59 Å². The fourth-order valence-corrected chi connectivity index (χ4v) is 3.34. The summed E-state index contributed by atoms with van der Waals surface area (Å²) in [6, 6.07) is 15.4. The highest BCUT2D eigenvalue weighted by Gasteiger charge is 2.30. The molecule has 142 valence electrons. The number of nitrogens with zero attached hydrogens (tertiary/aromatic N) is 2. The van der Waals surface area contributed by atoms with E-state index in [1.54, 1.807) is 23.9 Å². The maximum absolute atomic E-state index is 13.1. The van der Waals surface area contributed by atoms with Gasteiger partial charge in [0.15, 0.2) is 6.10 Å². The van der Waals surface area contributed by atoms with Gasteiger partial charge in [-0.25, -0.2) is 0 Å². The number of carbonyl (C=O) groups excluding carboxylic acids is 2. The molecule has 5 heteroatoms. The van der Waals surface area contributed by atoms with Crippen LogP contribution in [0.2, 0.25) is 0 Å². The van der Waals surface area contributed by atoms with Gasteiger partial charge in [0.1, 0.15) is 0 Å². The Labute approximate surface area is 160 Å². The largest absolute Gasteiger partial charge is 0.363 e. The molecule has 27 heavy (non-hydrogen) atoms. The first-order chi connectivity index (χ1) is 13.0. The molecule has 1 heterocycles. The smallest absolute Gasteiger partial charge is 0.256 e. The van der Waals surface area contributed by atoms with Crippen molar-refractivity contribution in [1.82, 2.24) is 9.80 Å². The molecule has 1 aliphatic heterocycles. The second-order valence-corrected chi connectivity index (χ2v) is 6.95. The Kier molecular flexibility index (Phi) is 5.91. The summed E-state index contributed by atoms with van der Waals surface area (Å²) in [7, 11) is 3.46. The van der Waals surface area contributed by atoms with Crippen LogP contribution < -0.4 is 0 Å². The van der Waals surface area contributed by atoms with Crippen molar-refractivity contribution >= 4 is 11.8 Å². The first-order valence-corrected chi connectivity index (χ1v) is 9.30. The summed E-state index contributed by atoms with van der Waals surface area (Å²) in [6.07, 6.45) is 0.303. The van der Waals surface area contributed by atoms with E-state index in [-0.39, 0.29) is 11.8 Å². The third kappa shape index (κ3) is 4.19. The van der Waals surface area contributed by atoms with Gasteiger partial charge >= 0.3 is 0 Å². The number of hydrogen-bond acceptors (Lipinski definition) is 3. The minimum absolute atomic E-state index is 0.0157. The predicted molar refractivity (Wildman–Crippen MR) is 104 cm³/mol. The number of fused-ring (bicyclic) bond motifs is 1. The van der Waals surface area contributed by atoms with Gasteiger partial charge in [0, 0.05) is 32.7 Å². The minimum Gasteiger partial charge on any atom is -0.363 e. The Hall–Kier alpha value is -2.66. The van der Waals surface area contributed by atoms with Gasteiger partial charge < -0.3 is 14.5 Å². The Bertz CT molecular complexity index is 815. The van der Waals surface area contributed by atoms with Gasteiger partial charge in [-0.1, -0.05) is 36.4 Å². The van der Waals surface area contributed by atoms with E-state index in [9.17, 15) is 9.59 Å². The second-order valence-electron chi connectivity index (χ2n) is 6.95. The van der Waals surface area contributed by atoms with Crippen LogP contribution in [-0.4, -0.2) is 48.9 Å². The average molecular weight is 366 g/mol. The number of rotatable bonds is 5. The van der Waals surface area contributed by atoms with Gasteiger partial charge in [0.25, 0.3) is 11.8 Å². The lowest BCUT2D eigenvalue weighted by atomic mass is 9.96. The third-order valence-electron chi connectivity index (χ3n) is 4.89. The zero-order valence-electron chi connectivity index (χ0n) is 16.1. The van der Waals surface area contributed by atoms with E-state index in [0.717, 1.165) is 17.5 Å². The van der Waals surface area contributed by atoms with Gasteiger partial charge in [-0.15, -0.1) is 0 Å². The van der Waals surface area contributed by atoms with Crippen LogP contribution in [0, 0.1) is 0 Å². The number of ether oxygens (including phenoxy) is 1. The lowest BCUT2D eigenvalue weighted by Crippen LogP contribution is -2.37. The molecule has 2 aromatic rings. The molecule has 1 aliphatic rings. The summed E-state index contributed by atoms with van der Waals surface area (Å²) < 4.78 is 5.82. The molecule has 2 aromatic carbocycles. The summed E-state index contributed by atoms with van der Waals surface area (Å²) in [6.45, 7) is 3.62. The predicted octanol–water partition coefficient (Wildman–Crippen LogP) is 3.05. The third-order valence-corrected chi connectivity index (χ3v) is 4.89. The van der Waals surface area contributed by atoms with Crippen LogP contribution in [-0.2, 0) is 22.5 Å². The van der Waals surface area contributed by atoms with Crippen LogP contribution in [0.5, 0.6) is 0 Å². The number of benzene rings is 2. The topological polar surface area (TPSA) is 49.9 Å². The van der Waals surface area contributed by atoms with Gasteiger partial charge in [-0.05, 0) is 42.2 Å². The molecular formula is C22H26N2O3. The summed E-state index contributed by atoms with van der Waals surface area (Å²) in [4.78, 5) is 28.5. The molecule has 0 fully saturated rings. The van der Waals surface area contributed by atoms with Crippen LogP contribution in [0.4, 0.5) is 0 Å². The number of hydrogen-bond donors (Lipinski definition) is 0. The Morgan fingerprint density at radius 3 is 2.44 bits per heavy atom. The van der Waals surface area contributed by atoms with E-state index in [2.05, 4.69) is 6.07 Å². The molecule has 0 radical (unpaired) electrons. The van der Waals surface area contributed by atoms with Crippen molar-refractivity contribution in [3.05, 3.63) is 70.8 Å². The first kappa shape index (κ1) is 19.1. The van der Waals surface area contributed by atoms with Gasteiger partial charge in [0.05, 0.1) is 6.61 Å². The lowest BCUT2D eigenvalue weighted by molar-refractivity contribution is -0.145. The van der Waals surface area contributed by atoms with Crippen molar-refractivity contribution in [3.63, 3.8) is 0 Å². The Morgan fingerprint density at radius 2 is 1.78 bits per heavy atom. The fraction of sp³-hybridized carbons (Fsp3) is 0.364. The van der Waals surface area contributed by atoms with Crippen LogP contribution >= 0.6 is 0 Å². The van der Waals surface area contributed by atoms with Crippen LogP contribution in [0.25, 0.3) is 0 Å². The van der Waals surface area contributed by atoms with Crippen LogP contribution in [0.3, 0.4) is 0 Å². The maximum atomic E-state index is 13.1. The molecule has 2 amide bonds. The van der Waals surface area contributed by atoms with E-state index in [0.29, 0.717) is 25.3 Å². The molecule has 0 saturated carbocycles. The minimum atomic E-state index is -0.538. The molecule has 0 N–H and O–H groups in total. The van der Waals surface area contributed by atoms with E-state index in [1.165, 1.54) is 5.56 Å². The Balaban J connectivity index is 1.74. The quantitative estimate of drug-likeness (QED) is 0.817. The van der Waals surface area contributed by atoms with Gasteiger partial charge in [-0.2, -0.15) is 0 Å². The van der Waals surface area contributed by atoms with E-state index < -0.39 is 6.10 Å². The number of amides is 2. The summed E-state index contributed by atoms with van der Waals surface area (Å²) >= 11 is 0. The molecule has 0 spiro atoms. The van der Waals surface area contributed by atoms with E-state index >= 15 is 0 Å². The number of carbonyl (C=O) groups is 2. The van der Waals surface area contributed by atoms with Crippen molar-refractivity contribution in [2.75, 3.05) is 27.2 Å². The molecule has 0 aliphatic carbocycles. The molecule has 1 unspecified atom stereocenters. The second kappa shape index (κ2) is 8.35. The standard InChI is InChI=1S/C22H26N2O3/c1-4-24(15-16-9-11-18(12-10-16)21(25)23(2)3)22(26)20-19-8-6-5-7-17(19)13-14-27-20/h5-12,20H,4,13-15H2,1-3H3. The summed E-state index contributed by atoms with van der Waals surface area (Å²) in [5, 5.41) is 0. The van der Waals surface area contributed by atoms with E-state index in [1.807, 2.05) is 49.4 Å². The maximum Gasteiger partial charge on any atom is 0.256 e. The molecule has 1 atom stereocenters. The molecular weight excluding hydrogens is 340 g/mol. The fourth-order valence-electron chi connectivity index (χ4n) is 3.34. The van der Waals surface area contributed by atoms with Crippen LogP contribution in [0.15, 0.2) is 48.5 Å². The van der Waals surface area contributed by atoms with Crippen molar-refractivity contribution in [3.8, 4) is 0 Å². The molecule has 0 aromatic heterocycles. The Morgan fingerprint density at radius 1 is 1.07 bits per heavy atom. The van der Waals surface area contributed by atoms with Crippen molar-refractivity contribution in [2.45, 2.75) is 26.0 Å². The van der Waals surface area contributed by atoms with E-state index in [4.69, 9.17) is 4.74 Å². The summed E-state index contributed by atoms with van der Waals surface area (Å²) in [5.74, 6) is -0.0460. The zero-order chi connectivity index (χ0) is 19.4. The normalized spacial score (nSPS) is 15.7. The van der Waals surface area contributed by atoms with Crippen molar-refractivity contribution in [2.24, 2.45) is 0 Å². The van der Waals surface area contributed by atoms with Crippen molar-refractivity contribution in [1.29, 1.82) is 0 Å². The highest BCUT2D eigenvalue weighted by molar-refractivity contribution is 5.93. The average Bonchev–Trinajstić information content (AvgIpc) is 2.71. The molecule has 5 nitrogen and oxygen atoms in total. The monoisotopic (exact) mass is 366 g/mol. The SMILES string of the molecule is CCN(Cc1ccc(C(=O)N(C)C)cc1)C(=O)C1OCCc2ccccc21. The molecule has 3 rings (SSSR count). The lowest BCUT2D eigenvalue weighted by Gasteiger charge is -2.30. The molecule has 0 saturated heterocycles. The highest BCUT2D eigenvalue weighted by Crippen LogP contribution is 2.29. The summed E-state index contributed by atoms with van der Waals surface area (Å²) in [5.41, 5.74) is 3.79. The zero-order valence-corrected chi connectivity index (χ0v) is 16.1. The molecule has 0 bridgehead atoms. The van der Waals surface area contributed by atoms with Gasteiger partial charge in [0.2, 0.25) is 0 Å². The van der Waals surface area contributed by atoms with Crippen LogP contribution in [0.1, 0.15) is 40.1 Å². The van der Waals surface area contributed by atoms with Crippen molar-refractivity contribution < 1.29 is 14.3 Å². The first-order valence-electron chi connectivity index (χ1n) is 9.30. The number of likely N-dealkylation sites (N-methyl/N-ethyl adjacent to an activating group) is 1.